The zero-order valence-electron chi connectivity index (χ0n) is 12.3. The van der Waals surface area contributed by atoms with E-state index in [0.717, 1.165) is 12.9 Å². The molecule has 3 rings (SSSR count). The van der Waals surface area contributed by atoms with Crippen molar-refractivity contribution in [3.05, 3.63) is 53.4 Å². The van der Waals surface area contributed by atoms with Gasteiger partial charge in [0, 0.05) is 0 Å². The molecule has 0 aliphatic carbocycles. The second kappa shape index (κ2) is 4.95. The zero-order chi connectivity index (χ0) is 13.5. The second-order valence-corrected chi connectivity index (χ2v) is 11.2. The van der Waals surface area contributed by atoms with Crippen LogP contribution in [0, 0.1) is 0 Å². The van der Waals surface area contributed by atoms with Crippen LogP contribution in [0.25, 0.3) is 0 Å². The fraction of sp³-hybridized carbons (Fsp3) is 0.412. The molecule has 0 saturated carbocycles. The van der Waals surface area contributed by atoms with Gasteiger partial charge in [0.1, 0.15) is 0 Å². The quantitative estimate of drug-likeness (QED) is 0.581. The van der Waals surface area contributed by atoms with Crippen LogP contribution in [0.15, 0.2) is 47.9 Å². The second-order valence-electron chi connectivity index (χ2n) is 6.44. The van der Waals surface area contributed by atoms with Crippen LogP contribution in [0.2, 0.25) is 0 Å². The van der Waals surface area contributed by atoms with Gasteiger partial charge in [-0.1, -0.05) is 0 Å². The Morgan fingerprint density at radius 2 is 2.11 bits per heavy atom. The first-order valence-corrected chi connectivity index (χ1v) is 10.4. The number of hydrogen-bond acceptors (Lipinski definition) is 0. The third-order valence-corrected chi connectivity index (χ3v) is 10.3. The first kappa shape index (κ1) is 13.2. The van der Waals surface area contributed by atoms with Crippen molar-refractivity contribution < 1.29 is 0 Å². The minimum atomic E-state index is -1.11. The van der Waals surface area contributed by atoms with Crippen LogP contribution in [0.4, 0.5) is 0 Å². The summed E-state index contributed by atoms with van der Waals surface area (Å²) in [6.07, 6.45) is 7.27. The molecule has 2 heteroatoms. The molecule has 0 nitrogen and oxygen atoms in total. The van der Waals surface area contributed by atoms with Crippen LogP contribution in [0.5, 0.6) is 0 Å². The zero-order valence-corrected chi connectivity index (χ0v) is 13.3. The Morgan fingerprint density at radius 3 is 2.68 bits per heavy atom. The summed E-state index contributed by atoms with van der Waals surface area (Å²) in [6.45, 7) is 7.35. The molecule has 1 aromatic rings. The van der Waals surface area contributed by atoms with Gasteiger partial charge in [0.15, 0.2) is 0 Å². The average molecular weight is 270 g/mol. The van der Waals surface area contributed by atoms with Crippen LogP contribution in [-0.4, -0.2) is 25.8 Å². The van der Waals surface area contributed by atoms with Crippen molar-refractivity contribution in [1.29, 1.82) is 0 Å². The van der Waals surface area contributed by atoms with Crippen molar-refractivity contribution in [2.75, 3.05) is 12.8 Å². The first-order chi connectivity index (χ1) is 9.16. The molecule has 2 unspecified atom stereocenters. The van der Waals surface area contributed by atoms with Gasteiger partial charge in [-0.25, -0.2) is 0 Å². The minimum absolute atomic E-state index is 0.642. The van der Waals surface area contributed by atoms with E-state index in [4.69, 9.17) is 0 Å². The van der Waals surface area contributed by atoms with Crippen LogP contribution >= 0.6 is 7.26 Å². The molecule has 2 aliphatic heterocycles. The average Bonchev–Trinajstić information content (AvgIpc) is 2.84. The van der Waals surface area contributed by atoms with E-state index in [-0.39, 0.29) is 0 Å². The standard InChI is InChI=1S/C17H24BP/c1-4-14(16-9-7-11-18-16)15-8-5-6-10-17(15)19(3)12-13(19)2/h5-11,13-14,18-19H,4,12H2,1-3H3. The van der Waals surface area contributed by atoms with Gasteiger partial charge in [0.25, 0.3) is 0 Å². The van der Waals surface area contributed by atoms with E-state index >= 15 is 0 Å². The molecule has 2 aliphatic rings. The summed E-state index contributed by atoms with van der Waals surface area (Å²) in [7, 11) is 0.0445. The van der Waals surface area contributed by atoms with Gasteiger partial charge in [0.05, 0.1) is 0 Å². The third kappa shape index (κ3) is 2.23. The molecule has 2 heterocycles. The van der Waals surface area contributed by atoms with Crippen LogP contribution in [0.1, 0.15) is 31.7 Å². The van der Waals surface area contributed by atoms with Gasteiger partial charge in [-0.2, -0.15) is 0 Å². The summed E-state index contributed by atoms with van der Waals surface area (Å²) in [6, 6.07) is 9.30. The summed E-state index contributed by atoms with van der Waals surface area (Å²) in [4.78, 5) is 0. The van der Waals surface area contributed by atoms with Crippen molar-refractivity contribution in [1.82, 2.24) is 0 Å². The molecule has 0 N–H and O–H groups in total. The molecule has 0 spiro atoms. The summed E-state index contributed by atoms with van der Waals surface area (Å²) in [5, 5.41) is 1.74. The normalized spacial score (nSPS) is 26.5. The van der Waals surface area contributed by atoms with E-state index in [2.05, 4.69) is 62.9 Å². The molecule has 0 aromatic heterocycles. The van der Waals surface area contributed by atoms with Gasteiger partial charge in [-0.3, -0.25) is 0 Å². The van der Waals surface area contributed by atoms with Crippen LogP contribution < -0.4 is 5.30 Å². The molecule has 100 valence electrons. The Morgan fingerprint density at radius 1 is 1.37 bits per heavy atom. The predicted molar refractivity (Wildman–Crippen MR) is 92.0 cm³/mol. The molecule has 1 aromatic carbocycles. The summed E-state index contributed by atoms with van der Waals surface area (Å²) in [5.74, 6) is 2.93. The third-order valence-electron chi connectivity index (χ3n) is 5.27. The number of rotatable bonds is 4. The molecule has 19 heavy (non-hydrogen) atoms. The number of allylic oxidation sites excluding steroid dienone is 3. The fourth-order valence-corrected chi connectivity index (χ4v) is 7.90. The Balaban J connectivity index is 2.00. The predicted octanol–water partition coefficient (Wildman–Crippen LogP) is 3.44. The molecule has 0 bridgehead atoms. The van der Waals surface area contributed by atoms with E-state index in [1.165, 1.54) is 12.6 Å². The molecule has 1 fully saturated rings. The monoisotopic (exact) mass is 270 g/mol. The van der Waals surface area contributed by atoms with E-state index in [1.54, 1.807) is 16.3 Å². The van der Waals surface area contributed by atoms with Crippen LogP contribution in [-0.2, 0) is 0 Å². The first-order valence-electron chi connectivity index (χ1n) is 7.62. The van der Waals surface area contributed by atoms with Gasteiger partial charge in [0.2, 0.25) is 0 Å². The van der Waals surface area contributed by atoms with Crippen molar-refractivity contribution in [3.8, 4) is 0 Å². The molecular weight excluding hydrogens is 246 g/mol. The van der Waals surface area contributed by atoms with E-state index in [0.29, 0.717) is 5.92 Å². The van der Waals surface area contributed by atoms with Gasteiger partial charge >= 0.3 is 118 Å². The van der Waals surface area contributed by atoms with Crippen molar-refractivity contribution >= 4 is 19.8 Å². The molecule has 1 saturated heterocycles. The summed E-state index contributed by atoms with van der Waals surface area (Å²) in [5.41, 5.74) is 4.22. The fourth-order valence-electron chi connectivity index (χ4n) is 3.68. The van der Waals surface area contributed by atoms with E-state index in [1.807, 2.05) is 0 Å². The van der Waals surface area contributed by atoms with Crippen molar-refractivity contribution in [2.24, 2.45) is 0 Å². The van der Waals surface area contributed by atoms with Gasteiger partial charge < -0.3 is 0 Å². The van der Waals surface area contributed by atoms with Gasteiger partial charge in [-0.15, -0.1) is 0 Å². The molecular formula is C17H24BP. The summed E-state index contributed by atoms with van der Waals surface area (Å²) >= 11 is 0. The van der Waals surface area contributed by atoms with Crippen molar-refractivity contribution in [3.63, 3.8) is 0 Å². The van der Waals surface area contributed by atoms with E-state index in [9.17, 15) is 0 Å². The summed E-state index contributed by atoms with van der Waals surface area (Å²) < 4.78 is 0. The molecule has 0 amide bonds. The Labute approximate surface area is 118 Å². The van der Waals surface area contributed by atoms with E-state index < -0.39 is 7.26 Å². The Kier molecular flexibility index (Phi) is 3.43. The van der Waals surface area contributed by atoms with Gasteiger partial charge in [-0.05, 0) is 0 Å². The topological polar surface area (TPSA) is 0 Å². The number of hydrogen-bond donors (Lipinski definition) is 0. The Hall–Kier alpha value is -0.805. The maximum absolute atomic E-state index is 2.57. The maximum atomic E-state index is 2.57. The number of benzene rings is 1. The van der Waals surface area contributed by atoms with Crippen molar-refractivity contribution in [2.45, 2.75) is 31.8 Å². The molecule has 0 radical (unpaired) electrons. The Bertz CT molecular complexity index is 546. The van der Waals surface area contributed by atoms with Crippen LogP contribution in [0.3, 0.4) is 0 Å². The molecule has 2 atom stereocenters. The SMILES string of the molecule is CCC(C1=CC=CB1)c1ccccc1[PH]1(C)CC1C.